The zero-order valence-corrected chi connectivity index (χ0v) is 18.8. The number of nitrogens with one attached hydrogen (secondary N) is 1. The lowest BCUT2D eigenvalue weighted by Crippen LogP contribution is -2.54. The van der Waals surface area contributed by atoms with Crippen LogP contribution in [-0.2, 0) is 9.53 Å². The molecule has 2 saturated heterocycles. The molecule has 2 heterocycles. The zero-order valence-electron chi connectivity index (χ0n) is 18.8. The van der Waals surface area contributed by atoms with Crippen molar-refractivity contribution in [1.82, 2.24) is 10.2 Å². The minimum absolute atomic E-state index is 0.0342. The molecule has 170 valence electrons. The van der Waals surface area contributed by atoms with Gasteiger partial charge in [-0.15, -0.1) is 0 Å². The molecular weight excluding hydrogens is 404 g/mol. The van der Waals surface area contributed by atoms with E-state index < -0.39 is 11.6 Å². The fourth-order valence-electron chi connectivity index (χ4n) is 4.48. The molecule has 2 aliphatic rings. The van der Waals surface area contributed by atoms with E-state index in [1.807, 2.05) is 59.5 Å². The zero-order chi connectivity index (χ0) is 22.7. The number of amides is 1. The highest BCUT2D eigenvalue weighted by Gasteiger charge is 2.54. The molecule has 2 aromatic rings. The number of rotatable bonds is 9. The van der Waals surface area contributed by atoms with Crippen molar-refractivity contribution in [3.05, 3.63) is 60.2 Å². The Hall–Kier alpha value is -2.54. The van der Waals surface area contributed by atoms with Gasteiger partial charge >= 0.3 is 0 Å². The smallest absolute Gasteiger partial charge is 0.255 e. The molecule has 0 aliphatic carbocycles. The fourth-order valence-corrected chi connectivity index (χ4v) is 4.48. The third kappa shape index (κ3) is 4.77. The number of Topliss-reactive ketones (excluding diaryl/α,β-unsaturated/α-hetero) is 1. The van der Waals surface area contributed by atoms with E-state index in [0.717, 1.165) is 24.0 Å². The Labute approximate surface area is 189 Å². The van der Waals surface area contributed by atoms with Crippen LogP contribution < -0.4 is 5.32 Å². The van der Waals surface area contributed by atoms with Gasteiger partial charge in [0.15, 0.2) is 11.4 Å². The van der Waals surface area contributed by atoms with Crippen molar-refractivity contribution in [3.63, 3.8) is 0 Å². The van der Waals surface area contributed by atoms with Crippen molar-refractivity contribution in [2.24, 2.45) is 5.92 Å². The molecule has 3 atom stereocenters. The minimum atomic E-state index is -1.07. The monoisotopic (exact) mass is 436 g/mol. The van der Waals surface area contributed by atoms with Gasteiger partial charge in [-0.2, -0.15) is 0 Å². The van der Waals surface area contributed by atoms with Crippen LogP contribution in [0.5, 0.6) is 0 Å². The van der Waals surface area contributed by atoms with Gasteiger partial charge in [0.25, 0.3) is 5.91 Å². The first-order chi connectivity index (χ1) is 15.4. The van der Waals surface area contributed by atoms with Crippen molar-refractivity contribution in [2.75, 3.05) is 19.8 Å². The number of carbonyl (C=O) groups excluding carboxylic acids is 2. The first-order valence-electron chi connectivity index (χ1n) is 11.4. The lowest BCUT2D eigenvalue weighted by atomic mass is 9.92. The molecule has 0 spiro atoms. The van der Waals surface area contributed by atoms with Crippen molar-refractivity contribution in [3.8, 4) is 11.1 Å². The number of hydrogen-bond donors (Lipinski definition) is 2. The molecule has 2 fully saturated rings. The van der Waals surface area contributed by atoms with Crippen LogP contribution in [0.15, 0.2) is 54.6 Å². The highest BCUT2D eigenvalue weighted by molar-refractivity contribution is 5.96. The van der Waals surface area contributed by atoms with E-state index in [-0.39, 0.29) is 31.1 Å². The van der Waals surface area contributed by atoms with Crippen LogP contribution in [0.1, 0.15) is 43.5 Å². The lowest BCUT2D eigenvalue weighted by Gasteiger charge is -2.31. The van der Waals surface area contributed by atoms with Gasteiger partial charge in [-0.1, -0.05) is 56.3 Å². The van der Waals surface area contributed by atoms with Crippen LogP contribution >= 0.6 is 0 Å². The number of epoxide rings is 1. The largest absolute Gasteiger partial charge is 0.393 e. The summed E-state index contributed by atoms with van der Waals surface area (Å²) in [5.41, 5.74) is 1.65. The molecule has 2 aliphatic heterocycles. The van der Waals surface area contributed by atoms with Crippen LogP contribution in [0.2, 0.25) is 0 Å². The van der Waals surface area contributed by atoms with Crippen LogP contribution in [0.25, 0.3) is 11.1 Å². The van der Waals surface area contributed by atoms with Crippen LogP contribution in [0, 0.1) is 5.92 Å². The third-order valence-corrected chi connectivity index (χ3v) is 6.34. The first-order valence-corrected chi connectivity index (χ1v) is 11.4. The fraction of sp³-hybridized carbons (Fsp3) is 0.462. The average molecular weight is 437 g/mol. The summed E-state index contributed by atoms with van der Waals surface area (Å²) in [5.74, 6) is 0.145. The highest BCUT2D eigenvalue weighted by atomic mass is 16.6. The summed E-state index contributed by atoms with van der Waals surface area (Å²) < 4.78 is 5.31. The van der Waals surface area contributed by atoms with Gasteiger partial charge in [0, 0.05) is 12.1 Å². The Balaban J connectivity index is 1.51. The highest BCUT2D eigenvalue weighted by Crippen LogP contribution is 2.31. The molecule has 2 aromatic carbocycles. The maximum atomic E-state index is 13.4. The summed E-state index contributed by atoms with van der Waals surface area (Å²) >= 11 is 0. The Morgan fingerprint density at radius 1 is 1.16 bits per heavy atom. The number of aliphatic hydroxyl groups excluding tert-OH is 1. The van der Waals surface area contributed by atoms with Gasteiger partial charge in [-0.05, 0) is 48.4 Å². The van der Waals surface area contributed by atoms with E-state index in [9.17, 15) is 14.7 Å². The second-order valence-electron chi connectivity index (χ2n) is 9.26. The number of carbonyl (C=O) groups is 2. The van der Waals surface area contributed by atoms with Gasteiger partial charge < -0.3 is 14.7 Å². The molecule has 2 N–H and O–H groups in total. The summed E-state index contributed by atoms with van der Waals surface area (Å²) in [6, 6.07) is 17.2. The summed E-state index contributed by atoms with van der Waals surface area (Å²) in [6.07, 6.45) is 2.09. The molecule has 4 rings (SSSR count). The molecule has 0 radical (unpaired) electrons. The van der Waals surface area contributed by atoms with E-state index in [4.69, 9.17) is 4.74 Å². The number of nitrogens with zero attached hydrogens (tertiary/aromatic N) is 1. The van der Waals surface area contributed by atoms with Crippen LogP contribution in [0.4, 0.5) is 0 Å². The molecule has 0 saturated carbocycles. The van der Waals surface area contributed by atoms with E-state index in [1.165, 1.54) is 0 Å². The average Bonchev–Trinajstić information content (AvgIpc) is 3.49. The minimum Gasteiger partial charge on any atom is -0.393 e. The molecule has 1 amide bonds. The Morgan fingerprint density at radius 2 is 1.88 bits per heavy atom. The summed E-state index contributed by atoms with van der Waals surface area (Å²) in [4.78, 5) is 28.3. The maximum Gasteiger partial charge on any atom is 0.255 e. The van der Waals surface area contributed by atoms with Crippen molar-refractivity contribution < 1.29 is 19.4 Å². The van der Waals surface area contributed by atoms with E-state index in [1.54, 1.807) is 0 Å². The Morgan fingerprint density at radius 3 is 2.53 bits per heavy atom. The quantitative estimate of drug-likeness (QED) is 0.590. The van der Waals surface area contributed by atoms with Gasteiger partial charge in [-0.3, -0.25) is 14.9 Å². The van der Waals surface area contributed by atoms with Crippen molar-refractivity contribution in [2.45, 2.75) is 50.9 Å². The normalized spacial score (nSPS) is 23.4. The molecule has 6 nitrogen and oxygen atoms in total. The number of benzene rings is 2. The van der Waals surface area contributed by atoms with Gasteiger partial charge in [-0.25, -0.2) is 0 Å². The van der Waals surface area contributed by atoms with Crippen LogP contribution in [0.3, 0.4) is 0 Å². The number of hydrogen-bond acceptors (Lipinski definition) is 5. The maximum absolute atomic E-state index is 13.4. The SMILES string of the molecule is CC(C)CC(NC1CCCN1C(=O)c1cccc(-c2ccccc2)c1)C(=O)C1(CO)CO1. The molecule has 32 heavy (non-hydrogen) atoms. The molecule has 3 unspecified atom stereocenters. The second kappa shape index (κ2) is 9.53. The topological polar surface area (TPSA) is 82.2 Å². The number of aliphatic hydroxyl groups is 1. The van der Waals surface area contributed by atoms with Crippen molar-refractivity contribution >= 4 is 11.7 Å². The summed E-state index contributed by atoms with van der Waals surface area (Å²) in [7, 11) is 0. The molecule has 6 heteroatoms. The van der Waals surface area contributed by atoms with Gasteiger partial charge in [0.2, 0.25) is 0 Å². The number of likely N-dealkylation sites (tertiary alicyclic amines) is 1. The summed E-state index contributed by atoms with van der Waals surface area (Å²) in [6.45, 7) is 4.73. The van der Waals surface area contributed by atoms with Crippen LogP contribution in [-0.4, -0.2) is 59.3 Å². The number of ketones is 1. The second-order valence-corrected chi connectivity index (χ2v) is 9.26. The van der Waals surface area contributed by atoms with Crippen molar-refractivity contribution in [1.29, 1.82) is 0 Å². The lowest BCUT2D eigenvalue weighted by molar-refractivity contribution is -0.128. The predicted molar refractivity (Wildman–Crippen MR) is 123 cm³/mol. The molecule has 0 aromatic heterocycles. The Kier molecular flexibility index (Phi) is 6.74. The summed E-state index contributed by atoms with van der Waals surface area (Å²) in [5, 5.41) is 13.1. The third-order valence-electron chi connectivity index (χ3n) is 6.34. The standard InChI is InChI=1S/C26H32N2O4/c1-18(2)14-22(24(30)26(16-29)17-32-26)27-23-12-7-13-28(23)25(31)21-11-6-10-20(15-21)19-8-4-3-5-9-19/h3-6,8-11,15,18,22-23,27,29H,7,12-14,16-17H2,1-2H3. The Bertz CT molecular complexity index is 955. The van der Waals surface area contributed by atoms with Gasteiger partial charge in [0.05, 0.1) is 25.4 Å². The molecular formula is C26H32N2O4. The van der Waals surface area contributed by atoms with E-state index in [2.05, 4.69) is 19.2 Å². The number of ether oxygens (including phenoxy) is 1. The van der Waals surface area contributed by atoms with Gasteiger partial charge in [0.1, 0.15) is 0 Å². The molecule has 0 bridgehead atoms. The predicted octanol–water partition coefficient (Wildman–Crippen LogP) is 3.25. The van der Waals surface area contributed by atoms with E-state index in [0.29, 0.717) is 24.4 Å². The first kappa shape index (κ1) is 22.6. The van der Waals surface area contributed by atoms with E-state index >= 15 is 0 Å².